The van der Waals surface area contributed by atoms with E-state index in [9.17, 15) is 5.11 Å². The largest absolute Gasteiger partial charge is 0.386 e. The number of nitrogens with zero attached hydrogens (tertiary/aromatic N) is 2. The molecule has 0 aliphatic carbocycles. The molecular formula is C15H20N2OS. The van der Waals surface area contributed by atoms with E-state index >= 15 is 0 Å². The molecule has 1 heterocycles. The molecule has 0 aliphatic rings. The Hall–Kier alpha value is -1.26. The van der Waals surface area contributed by atoms with Crippen molar-refractivity contribution in [3.63, 3.8) is 0 Å². The Bertz CT molecular complexity index is 524. The average molecular weight is 276 g/mol. The first-order valence-electron chi connectivity index (χ1n) is 6.60. The van der Waals surface area contributed by atoms with Crippen molar-refractivity contribution in [3.05, 3.63) is 47.8 Å². The van der Waals surface area contributed by atoms with Crippen molar-refractivity contribution in [2.24, 2.45) is 0 Å². The molecular weight excluding hydrogens is 256 g/mol. The van der Waals surface area contributed by atoms with Gasteiger partial charge in [0.1, 0.15) is 6.10 Å². The summed E-state index contributed by atoms with van der Waals surface area (Å²) < 4.78 is 1.89. The van der Waals surface area contributed by atoms with E-state index in [4.69, 9.17) is 0 Å². The third-order valence-electron chi connectivity index (χ3n) is 3.02. The highest BCUT2D eigenvalue weighted by Crippen LogP contribution is 2.27. The molecule has 0 radical (unpaired) electrons. The first kappa shape index (κ1) is 14.2. The molecule has 19 heavy (non-hydrogen) atoms. The summed E-state index contributed by atoms with van der Waals surface area (Å²) in [5.74, 6) is 0.653. The number of rotatable bonds is 6. The van der Waals surface area contributed by atoms with Gasteiger partial charge in [0.2, 0.25) is 0 Å². The lowest BCUT2D eigenvalue weighted by Gasteiger charge is -2.13. The molecule has 3 nitrogen and oxygen atoms in total. The van der Waals surface area contributed by atoms with Gasteiger partial charge in [0.15, 0.2) is 0 Å². The van der Waals surface area contributed by atoms with E-state index in [1.807, 2.05) is 22.9 Å². The zero-order chi connectivity index (χ0) is 13.7. The SMILES string of the molecule is CCCn1nccc1C(O)CSc1ccccc1C. The van der Waals surface area contributed by atoms with Crippen LogP contribution in [0.15, 0.2) is 41.4 Å². The molecule has 102 valence electrons. The monoisotopic (exact) mass is 276 g/mol. The number of hydrogen-bond donors (Lipinski definition) is 1. The van der Waals surface area contributed by atoms with Gasteiger partial charge in [0.05, 0.1) is 5.69 Å². The third kappa shape index (κ3) is 3.61. The average Bonchev–Trinajstić information content (AvgIpc) is 2.86. The minimum atomic E-state index is -0.473. The van der Waals surface area contributed by atoms with E-state index in [0.29, 0.717) is 5.75 Å². The van der Waals surface area contributed by atoms with Gasteiger partial charge in [-0.3, -0.25) is 4.68 Å². The van der Waals surface area contributed by atoms with E-state index in [1.54, 1.807) is 18.0 Å². The van der Waals surface area contributed by atoms with E-state index < -0.39 is 6.10 Å². The van der Waals surface area contributed by atoms with Crippen LogP contribution in [0.4, 0.5) is 0 Å². The summed E-state index contributed by atoms with van der Waals surface area (Å²) in [7, 11) is 0. The van der Waals surface area contributed by atoms with Gasteiger partial charge in [-0.05, 0) is 31.0 Å². The van der Waals surface area contributed by atoms with Crippen LogP contribution in [-0.2, 0) is 6.54 Å². The predicted octanol–water partition coefficient (Wildman–Crippen LogP) is 3.43. The van der Waals surface area contributed by atoms with Gasteiger partial charge in [0, 0.05) is 23.4 Å². The summed E-state index contributed by atoms with van der Waals surface area (Å²) >= 11 is 1.69. The lowest BCUT2D eigenvalue weighted by molar-refractivity contribution is 0.191. The lowest BCUT2D eigenvalue weighted by atomic mass is 10.2. The van der Waals surface area contributed by atoms with Gasteiger partial charge < -0.3 is 5.11 Å². The molecule has 1 N–H and O–H groups in total. The number of aromatic nitrogens is 2. The van der Waals surface area contributed by atoms with Gasteiger partial charge in [-0.2, -0.15) is 5.10 Å². The molecule has 1 aromatic heterocycles. The van der Waals surface area contributed by atoms with Crippen LogP contribution < -0.4 is 0 Å². The molecule has 0 spiro atoms. The van der Waals surface area contributed by atoms with Crippen molar-refractivity contribution in [1.29, 1.82) is 0 Å². The van der Waals surface area contributed by atoms with Crippen molar-refractivity contribution in [2.45, 2.75) is 37.8 Å². The zero-order valence-electron chi connectivity index (χ0n) is 11.4. The number of aryl methyl sites for hydroxylation is 2. The maximum Gasteiger partial charge on any atom is 0.105 e. The van der Waals surface area contributed by atoms with E-state index in [0.717, 1.165) is 18.7 Å². The van der Waals surface area contributed by atoms with Crippen LogP contribution in [0.3, 0.4) is 0 Å². The molecule has 0 saturated carbocycles. The highest BCUT2D eigenvalue weighted by Gasteiger charge is 2.13. The molecule has 0 bridgehead atoms. The van der Waals surface area contributed by atoms with Crippen LogP contribution >= 0.6 is 11.8 Å². The highest BCUT2D eigenvalue weighted by molar-refractivity contribution is 7.99. The summed E-state index contributed by atoms with van der Waals surface area (Å²) in [6.07, 6.45) is 2.30. The second-order valence-corrected chi connectivity index (χ2v) is 5.63. The second-order valence-electron chi connectivity index (χ2n) is 4.57. The number of benzene rings is 1. The summed E-state index contributed by atoms with van der Waals surface area (Å²) in [6, 6.07) is 10.2. The molecule has 0 fully saturated rings. The van der Waals surface area contributed by atoms with Crippen molar-refractivity contribution in [1.82, 2.24) is 9.78 Å². The summed E-state index contributed by atoms with van der Waals surface area (Å²) in [4.78, 5) is 1.23. The van der Waals surface area contributed by atoms with Crippen LogP contribution in [0.2, 0.25) is 0 Å². The first-order chi connectivity index (χ1) is 9.22. The molecule has 2 aromatic rings. The zero-order valence-corrected chi connectivity index (χ0v) is 12.2. The van der Waals surface area contributed by atoms with Gasteiger partial charge in [-0.25, -0.2) is 0 Å². The normalized spacial score (nSPS) is 12.6. The van der Waals surface area contributed by atoms with Crippen molar-refractivity contribution >= 4 is 11.8 Å². The smallest absolute Gasteiger partial charge is 0.105 e. The van der Waals surface area contributed by atoms with Crippen LogP contribution in [-0.4, -0.2) is 20.6 Å². The Balaban J connectivity index is 1.99. The minimum Gasteiger partial charge on any atom is -0.386 e. The highest BCUT2D eigenvalue weighted by atomic mass is 32.2. The number of aliphatic hydroxyl groups is 1. The van der Waals surface area contributed by atoms with Crippen molar-refractivity contribution in [3.8, 4) is 0 Å². The molecule has 1 aromatic carbocycles. The molecule has 1 atom stereocenters. The fraction of sp³-hybridized carbons (Fsp3) is 0.400. The van der Waals surface area contributed by atoms with E-state index in [2.05, 4.69) is 31.1 Å². The van der Waals surface area contributed by atoms with Gasteiger partial charge >= 0.3 is 0 Å². The number of aliphatic hydroxyl groups excluding tert-OH is 1. The second kappa shape index (κ2) is 6.78. The summed E-state index contributed by atoms with van der Waals surface area (Å²) in [5, 5.41) is 14.5. The van der Waals surface area contributed by atoms with Crippen LogP contribution in [0.5, 0.6) is 0 Å². The standard InChI is InChI=1S/C15H20N2OS/c1-3-10-17-13(8-9-16-17)14(18)11-19-15-7-5-4-6-12(15)2/h4-9,14,18H,3,10-11H2,1-2H3. The fourth-order valence-electron chi connectivity index (χ4n) is 2.00. The third-order valence-corrected chi connectivity index (χ3v) is 4.27. The molecule has 0 aliphatic heterocycles. The Kier molecular flexibility index (Phi) is 5.05. The summed E-state index contributed by atoms with van der Waals surface area (Å²) in [5.41, 5.74) is 2.16. The molecule has 1 unspecified atom stereocenters. The maximum atomic E-state index is 10.3. The van der Waals surface area contributed by atoms with Crippen LogP contribution in [0, 0.1) is 6.92 Å². The Morgan fingerprint density at radius 2 is 2.11 bits per heavy atom. The molecule has 2 rings (SSSR count). The Labute approximate surface area is 118 Å². The van der Waals surface area contributed by atoms with E-state index in [-0.39, 0.29) is 0 Å². The van der Waals surface area contributed by atoms with Crippen molar-refractivity contribution in [2.75, 3.05) is 5.75 Å². The Morgan fingerprint density at radius 3 is 2.84 bits per heavy atom. The van der Waals surface area contributed by atoms with Gasteiger partial charge in [-0.1, -0.05) is 25.1 Å². The van der Waals surface area contributed by atoms with Gasteiger partial charge in [0.25, 0.3) is 0 Å². The number of hydrogen-bond acceptors (Lipinski definition) is 3. The van der Waals surface area contributed by atoms with E-state index in [1.165, 1.54) is 10.5 Å². The molecule has 4 heteroatoms. The summed E-state index contributed by atoms with van der Waals surface area (Å²) in [6.45, 7) is 5.06. The predicted molar refractivity (Wildman–Crippen MR) is 79.4 cm³/mol. The van der Waals surface area contributed by atoms with Gasteiger partial charge in [-0.15, -0.1) is 11.8 Å². The first-order valence-corrected chi connectivity index (χ1v) is 7.59. The Morgan fingerprint density at radius 1 is 1.32 bits per heavy atom. The lowest BCUT2D eigenvalue weighted by Crippen LogP contribution is -2.10. The van der Waals surface area contributed by atoms with Crippen LogP contribution in [0.25, 0.3) is 0 Å². The van der Waals surface area contributed by atoms with Crippen molar-refractivity contribution < 1.29 is 5.11 Å². The molecule has 0 saturated heterocycles. The maximum absolute atomic E-state index is 10.3. The quantitative estimate of drug-likeness (QED) is 0.821. The topological polar surface area (TPSA) is 38.0 Å². The number of thioether (sulfide) groups is 1. The molecule has 0 amide bonds. The van der Waals surface area contributed by atoms with Crippen LogP contribution in [0.1, 0.15) is 30.7 Å². The minimum absolute atomic E-state index is 0.473. The fourth-order valence-corrected chi connectivity index (χ4v) is 2.98.